The zero-order valence-electron chi connectivity index (χ0n) is 20.6. The standard InChI is InChI=1S/C23H25F8N7O/c1-20(4-5-37(8-16(32)39)11-22(20,27)28)9-34-18-17(24)19(36-12-35-18)38-10-21(25,26)6-15(38)14-3-2-13(7-33-14)23(29,30)31/h2-3,7,12,15H,4-6,8-11H2,1H3,(H2,32,39)(H,34,35,36)/t15-,20+/m1/s1. The predicted octanol–water partition coefficient (Wildman–Crippen LogP) is 3.86. The molecule has 4 rings (SSSR count). The fourth-order valence-corrected chi connectivity index (χ4v) is 4.75. The minimum atomic E-state index is -4.68. The summed E-state index contributed by atoms with van der Waals surface area (Å²) in [5.74, 6) is -9.66. The van der Waals surface area contributed by atoms with E-state index in [1.807, 2.05) is 0 Å². The molecule has 0 aromatic carbocycles. The monoisotopic (exact) mass is 567 g/mol. The van der Waals surface area contributed by atoms with Gasteiger partial charge in [-0.3, -0.25) is 14.7 Å². The van der Waals surface area contributed by atoms with Crippen molar-refractivity contribution < 1.29 is 39.9 Å². The van der Waals surface area contributed by atoms with E-state index in [9.17, 15) is 35.5 Å². The Hall–Kier alpha value is -3.30. The summed E-state index contributed by atoms with van der Waals surface area (Å²) in [7, 11) is 0. The average molecular weight is 567 g/mol. The molecule has 8 nitrogen and oxygen atoms in total. The Kier molecular flexibility index (Phi) is 7.38. The minimum Gasteiger partial charge on any atom is -0.369 e. The molecule has 0 aliphatic carbocycles. The third-order valence-corrected chi connectivity index (χ3v) is 7.08. The zero-order chi connectivity index (χ0) is 28.8. The molecule has 1 amide bonds. The lowest BCUT2D eigenvalue weighted by molar-refractivity contribution is -0.157. The van der Waals surface area contributed by atoms with Crippen molar-refractivity contribution in [2.75, 3.05) is 42.9 Å². The number of pyridine rings is 1. The second-order valence-corrected chi connectivity index (χ2v) is 10.1. The zero-order valence-corrected chi connectivity index (χ0v) is 20.6. The molecule has 2 atom stereocenters. The number of anilines is 2. The molecule has 3 N–H and O–H groups in total. The lowest BCUT2D eigenvalue weighted by Crippen LogP contribution is -2.58. The molecule has 4 heterocycles. The second kappa shape index (κ2) is 10.0. The summed E-state index contributed by atoms with van der Waals surface area (Å²) < 4.78 is 113. The van der Waals surface area contributed by atoms with E-state index in [0.29, 0.717) is 12.3 Å². The third kappa shape index (κ3) is 5.99. The van der Waals surface area contributed by atoms with Gasteiger partial charge in [0, 0.05) is 19.2 Å². The number of halogens is 8. The average Bonchev–Trinajstić information content (AvgIpc) is 3.15. The summed E-state index contributed by atoms with van der Waals surface area (Å²) in [5.41, 5.74) is 2.19. The van der Waals surface area contributed by atoms with Gasteiger partial charge in [0.25, 0.3) is 11.8 Å². The fraction of sp³-hybridized carbons (Fsp3) is 0.565. The van der Waals surface area contributed by atoms with Crippen LogP contribution >= 0.6 is 0 Å². The molecular formula is C23H25F8N7O. The van der Waals surface area contributed by atoms with Gasteiger partial charge in [0.05, 0.1) is 42.3 Å². The fourth-order valence-electron chi connectivity index (χ4n) is 4.75. The van der Waals surface area contributed by atoms with Gasteiger partial charge in [-0.25, -0.2) is 27.5 Å². The van der Waals surface area contributed by atoms with E-state index in [0.717, 1.165) is 17.3 Å². The van der Waals surface area contributed by atoms with Crippen LogP contribution in [0.2, 0.25) is 0 Å². The topological polar surface area (TPSA) is 100 Å². The van der Waals surface area contributed by atoms with Crippen molar-refractivity contribution in [1.82, 2.24) is 19.9 Å². The number of alkyl halides is 7. The Balaban J connectivity index is 1.55. The molecule has 2 saturated heterocycles. The number of primary amides is 1. The van der Waals surface area contributed by atoms with Crippen molar-refractivity contribution in [2.45, 2.75) is 43.8 Å². The van der Waals surface area contributed by atoms with Crippen LogP contribution in [-0.2, 0) is 11.0 Å². The highest BCUT2D eigenvalue weighted by molar-refractivity contribution is 5.75. The first-order valence-corrected chi connectivity index (χ1v) is 11.8. The molecule has 0 bridgehead atoms. The second-order valence-electron chi connectivity index (χ2n) is 10.1. The van der Waals surface area contributed by atoms with Gasteiger partial charge >= 0.3 is 6.18 Å². The predicted molar refractivity (Wildman–Crippen MR) is 123 cm³/mol. The highest BCUT2D eigenvalue weighted by atomic mass is 19.4. The maximum atomic E-state index is 15.5. The quantitative estimate of drug-likeness (QED) is 0.491. The van der Waals surface area contributed by atoms with Crippen LogP contribution in [0.1, 0.15) is 37.1 Å². The molecule has 2 aliphatic heterocycles. The van der Waals surface area contributed by atoms with Crippen LogP contribution in [0.3, 0.4) is 0 Å². The Morgan fingerprint density at radius 1 is 1.15 bits per heavy atom. The van der Waals surface area contributed by atoms with Crippen LogP contribution in [0.4, 0.5) is 46.8 Å². The van der Waals surface area contributed by atoms with Crippen molar-refractivity contribution in [3.8, 4) is 0 Å². The third-order valence-electron chi connectivity index (χ3n) is 7.08. The molecule has 0 radical (unpaired) electrons. The molecule has 2 aliphatic rings. The number of hydrogen-bond acceptors (Lipinski definition) is 7. The molecule has 0 unspecified atom stereocenters. The van der Waals surface area contributed by atoms with E-state index in [-0.39, 0.29) is 25.2 Å². The number of carbonyl (C=O) groups is 1. The first kappa shape index (κ1) is 28.7. The first-order valence-electron chi connectivity index (χ1n) is 11.8. The van der Waals surface area contributed by atoms with Gasteiger partial charge in [-0.15, -0.1) is 0 Å². The minimum absolute atomic E-state index is 0.0696. The normalized spacial score (nSPS) is 25.1. The Morgan fingerprint density at radius 2 is 1.87 bits per heavy atom. The maximum absolute atomic E-state index is 15.5. The van der Waals surface area contributed by atoms with E-state index >= 15 is 4.39 Å². The SMILES string of the molecule is C[C@@]1(CNc2ncnc(N3CC(F)(F)C[C@@H]3c3ccc(C(F)(F)F)cn3)c2F)CCN(CC(N)=O)CC1(F)F. The molecule has 16 heteroatoms. The van der Waals surface area contributed by atoms with Gasteiger partial charge in [-0.2, -0.15) is 17.6 Å². The number of amides is 1. The lowest BCUT2D eigenvalue weighted by Gasteiger charge is -2.45. The summed E-state index contributed by atoms with van der Waals surface area (Å²) in [5, 5.41) is 2.53. The molecule has 2 aromatic rings. The van der Waals surface area contributed by atoms with Gasteiger partial charge in [-0.1, -0.05) is 6.92 Å². The molecule has 2 aromatic heterocycles. The smallest absolute Gasteiger partial charge is 0.369 e. The molecule has 0 spiro atoms. The van der Waals surface area contributed by atoms with Gasteiger partial charge in [-0.05, 0) is 25.1 Å². The van der Waals surface area contributed by atoms with Crippen LogP contribution in [0, 0.1) is 11.2 Å². The van der Waals surface area contributed by atoms with Crippen molar-refractivity contribution in [3.63, 3.8) is 0 Å². The van der Waals surface area contributed by atoms with Crippen molar-refractivity contribution in [1.29, 1.82) is 0 Å². The van der Waals surface area contributed by atoms with Crippen LogP contribution < -0.4 is 16.0 Å². The summed E-state index contributed by atoms with van der Waals surface area (Å²) in [6.45, 7) is -1.10. The molecule has 214 valence electrons. The molecule has 39 heavy (non-hydrogen) atoms. The molecular weight excluding hydrogens is 542 g/mol. The number of likely N-dealkylation sites (tertiary alicyclic amines) is 1. The largest absolute Gasteiger partial charge is 0.417 e. The van der Waals surface area contributed by atoms with Crippen LogP contribution in [-0.4, -0.2) is 70.3 Å². The Morgan fingerprint density at radius 3 is 2.46 bits per heavy atom. The van der Waals surface area contributed by atoms with E-state index in [1.54, 1.807) is 0 Å². The molecule has 2 fully saturated rings. The number of hydrogen-bond donors (Lipinski definition) is 2. The lowest BCUT2D eigenvalue weighted by atomic mass is 9.77. The number of rotatable bonds is 7. The number of piperidine rings is 1. The Labute approximate surface area is 217 Å². The molecule has 0 saturated carbocycles. The van der Waals surface area contributed by atoms with Crippen LogP contribution in [0.5, 0.6) is 0 Å². The van der Waals surface area contributed by atoms with Gasteiger partial charge in [0.15, 0.2) is 11.6 Å². The van der Waals surface area contributed by atoms with E-state index in [4.69, 9.17) is 5.73 Å². The number of nitrogens with one attached hydrogen (secondary N) is 1. The Bertz CT molecular complexity index is 1210. The van der Waals surface area contributed by atoms with Crippen LogP contribution in [0.15, 0.2) is 24.7 Å². The van der Waals surface area contributed by atoms with Gasteiger partial charge in [0.2, 0.25) is 11.7 Å². The summed E-state index contributed by atoms with van der Waals surface area (Å²) in [6.07, 6.45) is -4.24. The van der Waals surface area contributed by atoms with Gasteiger partial charge in [0.1, 0.15) is 6.33 Å². The van der Waals surface area contributed by atoms with E-state index in [1.165, 1.54) is 11.8 Å². The van der Waals surface area contributed by atoms with Crippen LogP contribution in [0.25, 0.3) is 0 Å². The van der Waals surface area contributed by atoms with Crippen molar-refractivity contribution in [3.05, 3.63) is 41.7 Å². The van der Waals surface area contributed by atoms with Crippen molar-refractivity contribution >= 4 is 17.5 Å². The maximum Gasteiger partial charge on any atom is 0.417 e. The summed E-state index contributed by atoms with van der Waals surface area (Å²) >= 11 is 0. The van der Waals surface area contributed by atoms with Crippen molar-refractivity contribution in [2.24, 2.45) is 11.1 Å². The number of carbonyl (C=O) groups excluding carboxylic acids is 1. The van der Waals surface area contributed by atoms with E-state index < -0.39 is 84.5 Å². The number of aromatic nitrogens is 3. The number of nitrogens with two attached hydrogens (primary N) is 1. The highest BCUT2D eigenvalue weighted by Crippen LogP contribution is 2.45. The van der Waals surface area contributed by atoms with Gasteiger partial charge < -0.3 is 16.0 Å². The van der Waals surface area contributed by atoms with E-state index in [2.05, 4.69) is 20.3 Å². The summed E-state index contributed by atoms with van der Waals surface area (Å²) in [6, 6.07) is 0.319. The first-order chi connectivity index (χ1) is 18.0. The number of nitrogens with zero attached hydrogens (tertiary/aromatic N) is 5. The summed E-state index contributed by atoms with van der Waals surface area (Å²) in [4.78, 5) is 24.4. The highest BCUT2D eigenvalue weighted by Gasteiger charge is 2.54.